The highest BCUT2D eigenvalue weighted by atomic mass is 15.2. The molecule has 0 saturated heterocycles. The molecular formula is C51H33N5. The van der Waals surface area contributed by atoms with Crippen molar-refractivity contribution in [3.05, 3.63) is 200 Å². The van der Waals surface area contributed by atoms with Crippen molar-refractivity contribution >= 4 is 43.6 Å². The van der Waals surface area contributed by atoms with E-state index in [2.05, 4.69) is 15.0 Å². The first-order chi connectivity index (χ1) is 37.8. The van der Waals surface area contributed by atoms with Gasteiger partial charge in [-0.3, -0.25) is 4.57 Å². The van der Waals surface area contributed by atoms with Crippen LogP contribution in [0.15, 0.2) is 200 Å². The topological polar surface area (TPSA) is 48.5 Å². The van der Waals surface area contributed by atoms with E-state index in [1.165, 1.54) is 4.57 Å². The quantitative estimate of drug-likeness (QED) is 0.171. The summed E-state index contributed by atoms with van der Waals surface area (Å²) in [7, 11) is 0. The van der Waals surface area contributed by atoms with Gasteiger partial charge in [-0.05, 0) is 46.9 Å². The first-order valence-corrected chi connectivity index (χ1v) is 16.9. The van der Waals surface area contributed by atoms with Crippen molar-refractivity contribution in [2.45, 2.75) is 0 Å². The van der Waals surface area contributed by atoms with Crippen LogP contribution in [0.25, 0.3) is 100 Å². The SMILES string of the molecule is [2H]c1c([2H])c([2H])c(-c2nc(-c3c([2H])c([2H])c(-c4c([2H])c([2H])c([2H])c([2H])c4[2H])c([2H])c3[2H])nc(-n3c4c([2H])c([2H])c([2H])c([2H])c4c4c([2H])c5c6c([2H])c([2H])c([2H])c([2H])c6n(-c6ccccc6-c6ccccc6)c5c([2H])c43)n2)c([2H])c1[2H]. The fourth-order valence-electron chi connectivity index (χ4n) is 6.66. The lowest BCUT2D eigenvalue weighted by Crippen LogP contribution is -2.06. The Bertz CT molecular complexity index is 4560. The Hall–Kier alpha value is -7.63. The van der Waals surface area contributed by atoms with Crippen molar-refractivity contribution in [3.8, 4) is 56.7 Å². The fourth-order valence-corrected chi connectivity index (χ4v) is 6.66. The van der Waals surface area contributed by atoms with Gasteiger partial charge in [0.15, 0.2) is 11.6 Å². The summed E-state index contributed by atoms with van der Waals surface area (Å²) in [6.45, 7) is 0. The van der Waals surface area contributed by atoms with Crippen LogP contribution in [0.2, 0.25) is 0 Å². The Morgan fingerprint density at radius 1 is 0.357 bits per heavy atom. The van der Waals surface area contributed by atoms with Gasteiger partial charge < -0.3 is 4.57 Å². The zero-order valence-corrected chi connectivity index (χ0v) is 28.4. The Balaban J connectivity index is 1.37. The molecule has 0 unspecified atom stereocenters. The molecule has 0 fully saturated rings. The second kappa shape index (κ2) is 13.0. The third-order valence-corrected chi connectivity index (χ3v) is 9.07. The highest BCUT2D eigenvalue weighted by molar-refractivity contribution is 6.19. The molecule has 0 bridgehead atoms. The summed E-state index contributed by atoms with van der Waals surface area (Å²) >= 11 is 0. The van der Waals surface area contributed by atoms with Gasteiger partial charge in [-0.25, -0.2) is 4.98 Å². The zero-order valence-electron chi connectivity index (χ0n) is 52.4. The summed E-state index contributed by atoms with van der Waals surface area (Å²) in [5.41, 5.74) is -2.95. The molecular weight excluding hydrogens is 683 g/mol. The van der Waals surface area contributed by atoms with Gasteiger partial charge >= 0.3 is 0 Å². The van der Waals surface area contributed by atoms with Gasteiger partial charge in [0.05, 0.1) is 60.7 Å². The van der Waals surface area contributed by atoms with Crippen LogP contribution in [0, 0.1) is 0 Å². The highest BCUT2D eigenvalue weighted by Gasteiger charge is 2.22. The summed E-state index contributed by atoms with van der Waals surface area (Å²) < 4.78 is 218. The summed E-state index contributed by atoms with van der Waals surface area (Å²) in [6, 6.07) is -3.92. The molecule has 0 aliphatic heterocycles. The molecule has 5 nitrogen and oxygen atoms in total. The van der Waals surface area contributed by atoms with Crippen LogP contribution < -0.4 is 0 Å². The minimum atomic E-state index is -0.987. The van der Waals surface area contributed by atoms with E-state index in [9.17, 15) is 13.7 Å². The van der Waals surface area contributed by atoms with E-state index in [0.717, 1.165) is 4.57 Å². The van der Waals surface area contributed by atoms with Crippen molar-refractivity contribution in [1.29, 1.82) is 0 Å². The van der Waals surface area contributed by atoms with Gasteiger partial charge in [0.25, 0.3) is 0 Å². The zero-order chi connectivity index (χ0) is 57.9. The van der Waals surface area contributed by atoms with E-state index in [1.807, 2.05) is 0 Å². The molecule has 0 saturated carbocycles. The molecule has 8 aromatic carbocycles. The molecule has 262 valence electrons. The van der Waals surface area contributed by atoms with Gasteiger partial charge in [0.2, 0.25) is 5.95 Å². The molecule has 0 aliphatic rings. The predicted molar refractivity (Wildman–Crippen MR) is 230 cm³/mol. The third-order valence-electron chi connectivity index (χ3n) is 9.07. The number of nitrogens with zero attached hydrogens (tertiary/aromatic N) is 5. The maximum absolute atomic E-state index is 10.4. The molecule has 0 amide bonds. The van der Waals surface area contributed by atoms with Gasteiger partial charge in [-0.1, -0.05) is 169 Å². The lowest BCUT2D eigenvalue weighted by Gasteiger charge is -2.14. The van der Waals surface area contributed by atoms with Crippen LogP contribution in [-0.2, 0) is 0 Å². The van der Waals surface area contributed by atoms with Crippen LogP contribution >= 0.6 is 0 Å². The van der Waals surface area contributed by atoms with E-state index >= 15 is 0 Å². The highest BCUT2D eigenvalue weighted by Crippen LogP contribution is 2.41. The summed E-state index contributed by atoms with van der Waals surface area (Å²) in [5, 5.41) is -1.29. The van der Waals surface area contributed by atoms with Gasteiger partial charge in [0, 0.05) is 38.2 Å². The first-order valence-electron chi connectivity index (χ1n) is 28.9. The lowest BCUT2D eigenvalue weighted by molar-refractivity contribution is 0.953. The minimum Gasteiger partial charge on any atom is -0.309 e. The van der Waals surface area contributed by atoms with E-state index in [4.69, 9.17) is 19.2 Å². The van der Waals surface area contributed by atoms with Crippen molar-refractivity contribution in [3.63, 3.8) is 0 Å². The molecule has 5 heteroatoms. The van der Waals surface area contributed by atoms with E-state index in [-0.39, 0.29) is 27.5 Å². The monoisotopic (exact) mass is 739 g/mol. The van der Waals surface area contributed by atoms with Gasteiger partial charge in [-0.15, -0.1) is 0 Å². The van der Waals surface area contributed by atoms with Crippen LogP contribution in [0.4, 0.5) is 0 Å². The van der Waals surface area contributed by atoms with E-state index in [0.29, 0.717) is 11.1 Å². The number of benzene rings is 8. The van der Waals surface area contributed by atoms with Crippen LogP contribution in [0.5, 0.6) is 0 Å². The maximum atomic E-state index is 10.4. The smallest absolute Gasteiger partial charge is 0.238 e. The molecule has 3 aromatic heterocycles. The first kappa shape index (κ1) is 16.0. The largest absolute Gasteiger partial charge is 0.309 e. The standard InChI is InChI=1S/C51H33N5/c1-4-16-34(17-5-1)35-28-30-38(31-29-35)50-52-49(37-20-8-3-9-21-37)53-51(54-50)56-46-27-15-12-24-41(46)43-32-42-40-23-11-14-26-45(40)55(47(42)33-48(43)56)44-25-13-10-22-39(44)36-18-6-2-7-19-36/h1-33H/i1D,3D,4D,5D,8D,9D,11D,12D,14D,15D,16D,17D,20D,21D,23D,24D,26D,27D,28D,29D,30D,31D,32D,33D. The van der Waals surface area contributed by atoms with Crippen LogP contribution in [0.3, 0.4) is 0 Å². The Morgan fingerprint density at radius 2 is 0.857 bits per heavy atom. The second-order valence-corrected chi connectivity index (χ2v) is 12.2. The van der Waals surface area contributed by atoms with E-state index < -0.39 is 207 Å². The average Bonchev–Trinajstić information content (AvgIpc) is 4.23. The van der Waals surface area contributed by atoms with Crippen LogP contribution in [0.1, 0.15) is 32.9 Å². The number of aromatic nitrogens is 5. The Morgan fingerprint density at radius 3 is 1.54 bits per heavy atom. The Labute approximate surface area is 357 Å². The predicted octanol–water partition coefficient (Wildman–Crippen LogP) is 12.7. The molecule has 0 spiro atoms. The van der Waals surface area contributed by atoms with Gasteiger partial charge in [0.1, 0.15) is 0 Å². The number of hydrogen-bond donors (Lipinski definition) is 0. The number of hydrogen-bond acceptors (Lipinski definition) is 3. The lowest BCUT2D eigenvalue weighted by atomic mass is 10.0. The molecule has 0 radical (unpaired) electrons. The summed E-state index contributed by atoms with van der Waals surface area (Å²) in [5.74, 6) is -2.46. The fraction of sp³-hybridized carbons (Fsp3) is 0. The molecule has 0 N–H and O–H groups in total. The van der Waals surface area contributed by atoms with Crippen molar-refractivity contribution < 1.29 is 32.9 Å². The second-order valence-electron chi connectivity index (χ2n) is 12.2. The minimum absolute atomic E-state index is 0.178. The maximum Gasteiger partial charge on any atom is 0.238 e. The molecule has 11 rings (SSSR count). The molecule has 3 heterocycles. The summed E-state index contributed by atoms with van der Waals surface area (Å²) in [6.07, 6.45) is 0. The molecule has 0 aliphatic carbocycles. The molecule has 0 atom stereocenters. The van der Waals surface area contributed by atoms with Crippen molar-refractivity contribution in [1.82, 2.24) is 24.1 Å². The van der Waals surface area contributed by atoms with Crippen molar-refractivity contribution in [2.75, 3.05) is 0 Å². The Kier molecular flexibility index (Phi) is 3.73. The number of fused-ring (bicyclic) bond motifs is 6. The number of rotatable bonds is 6. The average molecular weight is 740 g/mol. The normalized spacial score (nSPS) is 17.6. The summed E-state index contributed by atoms with van der Waals surface area (Å²) in [4.78, 5) is 13.5. The van der Waals surface area contributed by atoms with E-state index in [1.54, 1.807) is 54.6 Å². The van der Waals surface area contributed by atoms with Crippen LogP contribution in [-0.4, -0.2) is 24.1 Å². The van der Waals surface area contributed by atoms with Gasteiger partial charge in [-0.2, -0.15) is 9.97 Å². The third kappa shape index (κ3) is 5.21. The van der Waals surface area contributed by atoms with Crippen molar-refractivity contribution in [2.24, 2.45) is 0 Å². The molecule has 56 heavy (non-hydrogen) atoms. The molecule has 11 aromatic rings. The number of para-hydroxylation sites is 3.